The molecule has 2 aromatic carbocycles. The number of hydrogen-bond acceptors (Lipinski definition) is 3. The standard InChI is InChI=1S/C29H30F2N2O3/c1-17(34)20-14-23-21(10-7-11-25(23)36-29(2,30)31)27-26(18-8-5-4-6-9-18)22-13-12-19(28(35)32-3)15-24(22)33(27)16-20/h7,10-15,18H,4-6,8-9,16H2,1-3H3,(H,32,35). The van der Waals surface area contributed by atoms with E-state index >= 15 is 0 Å². The van der Waals surface area contributed by atoms with Gasteiger partial charge in [-0.05, 0) is 55.5 Å². The number of allylic oxidation sites excluding steroid dienone is 1. The third-order valence-electron chi connectivity index (χ3n) is 7.32. The van der Waals surface area contributed by atoms with Gasteiger partial charge in [0.2, 0.25) is 0 Å². The Morgan fingerprint density at radius 3 is 2.53 bits per heavy atom. The van der Waals surface area contributed by atoms with Crippen molar-refractivity contribution in [3.63, 3.8) is 0 Å². The molecule has 1 aromatic heterocycles. The molecule has 0 saturated heterocycles. The number of ketones is 1. The van der Waals surface area contributed by atoms with Crippen molar-refractivity contribution in [1.82, 2.24) is 9.88 Å². The molecule has 0 spiro atoms. The second-order valence-electron chi connectivity index (χ2n) is 9.85. The van der Waals surface area contributed by atoms with Gasteiger partial charge in [0.25, 0.3) is 5.91 Å². The van der Waals surface area contributed by atoms with Crippen LogP contribution in [0, 0.1) is 0 Å². The topological polar surface area (TPSA) is 60.3 Å². The number of ether oxygens (including phenoxy) is 1. The molecule has 1 fully saturated rings. The Hall–Kier alpha value is -3.48. The van der Waals surface area contributed by atoms with Crippen LogP contribution in [-0.4, -0.2) is 29.4 Å². The van der Waals surface area contributed by atoms with Crippen molar-refractivity contribution in [2.24, 2.45) is 0 Å². The van der Waals surface area contributed by atoms with Crippen molar-refractivity contribution in [2.75, 3.05) is 7.05 Å². The van der Waals surface area contributed by atoms with Crippen LogP contribution in [0.5, 0.6) is 5.75 Å². The van der Waals surface area contributed by atoms with Gasteiger partial charge >= 0.3 is 6.11 Å². The van der Waals surface area contributed by atoms with E-state index in [1.165, 1.54) is 19.4 Å². The number of rotatable bonds is 5. The van der Waals surface area contributed by atoms with E-state index in [2.05, 4.69) is 9.88 Å². The van der Waals surface area contributed by atoms with E-state index in [1.54, 1.807) is 19.2 Å². The summed E-state index contributed by atoms with van der Waals surface area (Å²) in [5, 5.41) is 3.71. The maximum absolute atomic E-state index is 14.0. The average molecular weight is 493 g/mol. The van der Waals surface area contributed by atoms with Gasteiger partial charge in [-0.15, -0.1) is 0 Å². The number of carbonyl (C=O) groups excluding carboxylic acids is 2. The Balaban J connectivity index is 1.86. The minimum atomic E-state index is -3.37. The van der Waals surface area contributed by atoms with E-state index in [4.69, 9.17) is 4.74 Å². The summed E-state index contributed by atoms with van der Waals surface area (Å²) in [4.78, 5) is 25.2. The van der Waals surface area contributed by atoms with E-state index < -0.39 is 6.11 Å². The molecule has 36 heavy (non-hydrogen) atoms. The monoisotopic (exact) mass is 492 g/mol. The van der Waals surface area contributed by atoms with E-state index in [0.717, 1.165) is 53.4 Å². The van der Waals surface area contributed by atoms with Crippen molar-refractivity contribution in [3.05, 3.63) is 58.7 Å². The quantitative estimate of drug-likeness (QED) is 0.432. The van der Waals surface area contributed by atoms with Crippen molar-refractivity contribution >= 4 is 28.7 Å². The first-order valence-corrected chi connectivity index (χ1v) is 12.5. The van der Waals surface area contributed by atoms with Crippen LogP contribution in [0.15, 0.2) is 42.0 Å². The van der Waals surface area contributed by atoms with E-state index in [9.17, 15) is 18.4 Å². The maximum Gasteiger partial charge on any atom is 0.394 e. The first-order chi connectivity index (χ1) is 17.2. The highest BCUT2D eigenvalue weighted by Gasteiger charge is 2.32. The fourth-order valence-corrected chi connectivity index (χ4v) is 5.71. The third kappa shape index (κ3) is 4.31. The number of hydrogen-bond donors (Lipinski definition) is 1. The normalized spacial score (nSPS) is 16.1. The molecule has 5 rings (SSSR count). The minimum absolute atomic E-state index is 0.0399. The summed E-state index contributed by atoms with van der Waals surface area (Å²) in [6, 6.07) is 10.8. The number of amides is 1. The molecular formula is C29H30F2N2O3. The fourth-order valence-electron chi connectivity index (χ4n) is 5.71. The molecule has 1 aliphatic heterocycles. The van der Waals surface area contributed by atoms with Crippen molar-refractivity contribution < 1.29 is 23.1 Å². The van der Waals surface area contributed by atoms with E-state index in [0.29, 0.717) is 29.5 Å². The van der Waals surface area contributed by atoms with Crippen molar-refractivity contribution in [1.29, 1.82) is 0 Å². The molecule has 5 nitrogen and oxygen atoms in total. The molecular weight excluding hydrogens is 462 g/mol. The predicted octanol–water partition coefficient (Wildman–Crippen LogP) is 6.69. The molecule has 2 aliphatic rings. The summed E-state index contributed by atoms with van der Waals surface area (Å²) in [7, 11) is 1.59. The van der Waals surface area contributed by atoms with Gasteiger partial charge in [0, 0.05) is 47.1 Å². The Morgan fingerprint density at radius 2 is 1.86 bits per heavy atom. The average Bonchev–Trinajstić information content (AvgIpc) is 3.05. The molecule has 0 radical (unpaired) electrons. The summed E-state index contributed by atoms with van der Waals surface area (Å²) in [5.41, 5.74) is 5.19. The third-order valence-corrected chi connectivity index (χ3v) is 7.32. The Labute approximate surface area is 209 Å². The number of carbonyl (C=O) groups is 2. The zero-order chi connectivity index (χ0) is 25.6. The second-order valence-corrected chi connectivity index (χ2v) is 9.85. The van der Waals surface area contributed by atoms with Gasteiger partial charge in [0.05, 0.1) is 12.2 Å². The summed E-state index contributed by atoms with van der Waals surface area (Å²) in [5.74, 6) is 0.00430. The van der Waals surface area contributed by atoms with Crippen LogP contribution in [-0.2, 0) is 11.3 Å². The number of halogens is 2. The molecule has 1 aliphatic carbocycles. The zero-order valence-corrected chi connectivity index (χ0v) is 20.8. The van der Waals surface area contributed by atoms with Gasteiger partial charge in [-0.3, -0.25) is 9.59 Å². The molecule has 7 heteroatoms. The van der Waals surface area contributed by atoms with Gasteiger partial charge in [-0.25, -0.2) is 0 Å². The number of nitrogens with zero attached hydrogens (tertiary/aromatic N) is 1. The van der Waals surface area contributed by atoms with Crippen LogP contribution in [0.3, 0.4) is 0 Å². The predicted molar refractivity (Wildman–Crippen MR) is 136 cm³/mol. The lowest BCUT2D eigenvalue weighted by molar-refractivity contribution is -0.159. The number of benzene rings is 2. The van der Waals surface area contributed by atoms with Crippen molar-refractivity contribution in [2.45, 2.75) is 64.5 Å². The van der Waals surface area contributed by atoms with E-state index in [1.807, 2.05) is 24.3 Å². The molecule has 1 N–H and O–H groups in total. The van der Waals surface area contributed by atoms with Crippen LogP contribution < -0.4 is 10.1 Å². The highest BCUT2D eigenvalue weighted by molar-refractivity contribution is 6.04. The highest BCUT2D eigenvalue weighted by atomic mass is 19.3. The number of Topliss-reactive ketones (excluding diaryl/α,β-unsaturated/α-hetero) is 1. The molecule has 0 unspecified atom stereocenters. The summed E-state index contributed by atoms with van der Waals surface area (Å²) in [6.45, 7) is 2.48. The highest BCUT2D eigenvalue weighted by Crippen LogP contribution is 2.48. The summed E-state index contributed by atoms with van der Waals surface area (Å²) >= 11 is 0. The van der Waals surface area contributed by atoms with Crippen LogP contribution in [0.2, 0.25) is 0 Å². The number of aromatic nitrogens is 1. The Bertz CT molecular complexity index is 1390. The lowest BCUT2D eigenvalue weighted by Crippen LogP contribution is -2.19. The number of nitrogens with one attached hydrogen (secondary N) is 1. The first-order valence-electron chi connectivity index (χ1n) is 12.5. The minimum Gasteiger partial charge on any atom is -0.432 e. The summed E-state index contributed by atoms with van der Waals surface area (Å²) < 4.78 is 35.1. The summed E-state index contributed by atoms with van der Waals surface area (Å²) in [6.07, 6.45) is 3.84. The fraction of sp³-hybridized carbons (Fsp3) is 0.379. The van der Waals surface area contributed by atoms with Gasteiger partial charge < -0.3 is 14.6 Å². The molecule has 2 heterocycles. The zero-order valence-electron chi connectivity index (χ0n) is 20.8. The van der Waals surface area contributed by atoms with Crippen LogP contribution in [0.25, 0.3) is 28.2 Å². The number of alkyl halides is 2. The van der Waals surface area contributed by atoms with E-state index in [-0.39, 0.29) is 24.0 Å². The molecule has 0 bridgehead atoms. The molecule has 1 amide bonds. The van der Waals surface area contributed by atoms with Gasteiger partial charge in [-0.2, -0.15) is 8.78 Å². The maximum atomic E-state index is 14.0. The smallest absolute Gasteiger partial charge is 0.394 e. The van der Waals surface area contributed by atoms with Crippen molar-refractivity contribution in [3.8, 4) is 17.0 Å². The molecule has 188 valence electrons. The second kappa shape index (κ2) is 9.19. The molecule has 3 aromatic rings. The largest absolute Gasteiger partial charge is 0.432 e. The van der Waals surface area contributed by atoms with Crippen LogP contribution in [0.1, 0.15) is 73.4 Å². The lowest BCUT2D eigenvalue weighted by Gasteiger charge is -2.24. The Kier molecular flexibility index (Phi) is 6.18. The lowest BCUT2D eigenvalue weighted by atomic mass is 9.81. The first kappa shape index (κ1) is 24.2. The van der Waals surface area contributed by atoms with Gasteiger partial charge in [-0.1, -0.05) is 37.5 Å². The molecule has 0 atom stereocenters. The Morgan fingerprint density at radius 1 is 1.11 bits per heavy atom. The van der Waals surface area contributed by atoms with Crippen LogP contribution in [0.4, 0.5) is 8.78 Å². The van der Waals surface area contributed by atoms with Gasteiger partial charge in [0.1, 0.15) is 5.75 Å². The SMILES string of the molecule is CNC(=O)c1ccc2c(C3CCCCC3)c3n(c2c1)CC(C(C)=O)=Cc1c(OC(C)(F)F)cccc1-3. The van der Waals surface area contributed by atoms with Gasteiger partial charge in [0.15, 0.2) is 5.78 Å². The van der Waals surface area contributed by atoms with Crippen LogP contribution >= 0.6 is 0 Å². The molecule has 1 saturated carbocycles. The number of fused-ring (bicyclic) bond motifs is 5.